The van der Waals surface area contributed by atoms with Gasteiger partial charge in [-0.25, -0.2) is 14.4 Å². The molecule has 5 rings (SSSR count). The Morgan fingerprint density at radius 1 is 1.11 bits per heavy atom. The minimum atomic E-state index is -0.356. The first-order valence-corrected chi connectivity index (χ1v) is 11.7. The van der Waals surface area contributed by atoms with Crippen molar-refractivity contribution in [2.75, 3.05) is 23.3 Å². The third-order valence-corrected chi connectivity index (χ3v) is 6.35. The van der Waals surface area contributed by atoms with Crippen LogP contribution in [-0.2, 0) is 11.3 Å². The van der Waals surface area contributed by atoms with Crippen LogP contribution in [0.25, 0.3) is 11.2 Å². The molecule has 0 radical (unpaired) electrons. The van der Waals surface area contributed by atoms with Gasteiger partial charge < -0.3 is 10.2 Å². The SMILES string of the molecule is Cc1ccc(Cn2c(=O)c(N3CCC[C@@H](C(=O)Nc4ccc(F)cc4)C3)nc3cccnc32)cc1. The van der Waals surface area contributed by atoms with Gasteiger partial charge in [-0.05, 0) is 61.7 Å². The minimum Gasteiger partial charge on any atom is -0.351 e. The number of aryl methyl sites for hydroxylation is 1. The summed E-state index contributed by atoms with van der Waals surface area (Å²) in [6.45, 7) is 3.42. The molecule has 0 bridgehead atoms. The van der Waals surface area contributed by atoms with Gasteiger partial charge in [0.25, 0.3) is 5.56 Å². The normalized spacial score (nSPS) is 15.8. The molecule has 1 amide bonds. The second-order valence-corrected chi connectivity index (χ2v) is 8.94. The smallest absolute Gasteiger partial charge is 0.295 e. The molecule has 2 aromatic heterocycles. The number of carbonyl (C=O) groups excluding carboxylic acids is 1. The highest BCUT2D eigenvalue weighted by atomic mass is 19.1. The van der Waals surface area contributed by atoms with Crippen LogP contribution in [0.3, 0.4) is 0 Å². The maximum atomic E-state index is 13.6. The van der Waals surface area contributed by atoms with Gasteiger partial charge in [0.2, 0.25) is 5.91 Å². The highest BCUT2D eigenvalue weighted by Crippen LogP contribution is 2.23. The second kappa shape index (κ2) is 9.66. The second-order valence-electron chi connectivity index (χ2n) is 8.94. The summed E-state index contributed by atoms with van der Waals surface area (Å²) in [6.07, 6.45) is 3.12. The molecule has 1 N–H and O–H groups in total. The van der Waals surface area contributed by atoms with Crippen LogP contribution >= 0.6 is 0 Å². The number of fused-ring (bicyclic) bond motifs is 1. The summed E-state index contributed by atoms with van der Waals surface area (Å²) >= 11 is 0. The van der Waals surface area contributed by atoms with Crippen molar-refractivity contribution in [1.29, 1.82) is 0 Å². The van der Waals surface area contributed by atoms with Gasteiger partial charge in [-0.2, -0.15) is 0 Å². The van der Waals surface area contributed by atoms with Crippen molar-refractivity contribution >= 4 is 28.6 Å². The van der Waals surface area contributed by atoms with Crippen molar-refractivity contribution in [1.82, 2.24) is 14.5 Å². The standard InChI is InChI=1S/C27H26FN5O2/c1-18-6-8-19(9-7-18)16-33-24-23(5-2-14-29-24)31-25(27(33)35)32-15-3-4-20(17-32)26(34)30-22-12-10-21(28)11-13-22/h2,5-14,20H,3-4,15-17H2,1H3,(H,30,34)/t20-/m1/s1. The Hall–Kier alpha value is -4.07. The fourth-order valence-corrected chi connectivity index (χ4v) is 4.45. The summed E-state index contributed by atoms with van der Waals surface area (Å²) in [6, 6.07) is 17.4. The average Bonchev–Trinajstić information content (AvgIpc) is 2.88. The lowest BCUT2D eigenvalue weighted by Gasteiger charge is -2.32. The molecule has 4 aromatic rings. The molecule has 0 unspecified atom stereocenters. The van der Waals surface area contributed by atoms with E-state index in [0.29, 0.717) is 48.7 Å². The van der Waals surface area contributed by atoms with Crippen LogP contribution < -0.4 is 15.8 Å². The quantitative estimate of drug-likeness (QED) is 0.473. The van der Waals surface area contributed by atoms with Crippen LogP contribution in [-0.4, -0.2) is 33.5 Å². The van der Waals surface area contributed by atoms with E-state index in [1.165, 1.54) is 24.3 Å². The number of nitrogens with one attached hydrogen (secondary N) is 1. The Balaban J connectivity index is 1.44. The third-order valence-electron chi connectivity index (χ3n) is 6.35. The van der Waals surface area contributed by atoms with Crippen LogP contribution in [0, 0.1) is 18.7 Å². The van der Waals surface area contributed by atoms with Crippen LogP contribution in [0.5, 0.6) is 0 Å². The van der Waals surface area contributed by atoms with E-state index in [4.69, 9.17) is 0 Å². The summed E-state index contributed by atoms with van der Waals surface area (Å²) in [7, 11) is 0. The first-order chi connectivity index (χ1) is 17.0. The number of benzene rings is 2. The Morgan fingerprint density at radius 2 is 1.89 bits per heavy atom. The van der Waals surface area contributed by atoms with E-state index >= 15 is 0 Å². The summed E-state index contributed by atoms with van der Waals surface area (Å²) in [4.78, 5) is 37.5. The highest BCUT2D eigenvalue weighted by molar-refractivity contribution is 5.93. The van der Waals surface area contributed by atoms with Crippen molar-refractivity contribution in [3.63, 3.8) is 0 Å². The first kappa shape index (κ1) is 22.7. The van der Waals surface area contributed by atoms with Gasteiger partial charge in [0.05, 0.1) is 12.5 Å². The summed E-state index contributed by atoms with van der Waals surface area (Å²) < 4.78 is 14.8. The fourth-order valence-electron chi connectivity index (χ4n) is 4.45. The molecular weight excluding hydrogens is 445 g/mol. The van der Waals surface area contributed by atoms with Crippen molar-refractivity contribution < 1.29 is 9.18 Å². The van der Waals surface area contributed by atoms with Crippen LogP contribution in [0.1, 0.15) is 24.0 Å². The number of carbonyl (C=O) groups is 1. The number of rotatable bonds is 5. The predicted octanol–water partition coefficient (Wildman–Crippen LogP) is 4.14. The molecule has 1 aliphatic rings. The highest BCUT2D eigenvalue weighted by Gasteiger charge is 2.29. The van der Waals surface area contributed by atoms with Crippen LogP contribution in [0.2, 0.25) is 0 Å². The molecule has 178 valence electrons. The fraction of sp³-hybridized carbons (Fsp3) is 0.259. The Kier molecular flexibility index (Phi) is 6.27. The number of halogens is 1. The van der Waals surface area contributed by atoms with Crippen molar-refractivity contribution in [2.45, 2.75) is 26.3 Å². The summed E-state index contributed by atoms with van der Waals surface area (Å²) in [5, 5.41) is 2.86. The van der Waals surface area contributed by atoms with Crippen molar-refractivity contribution in [3.05, 3.63) is 94.2 Å². The molecule has 1 fully saturated rings. The van der Waals surface area contributed by atoms with E-state index in [-0.39, 0.29) is 23.2 Å². The largest absolute Gasteiger partial charge is 0.351 e. The zero-order valence-electron chi connectivity index (χ0n) is 19.4. The van der Waals surface area contributed by atoms with E-state index in [1.807, 2.05) is 42.2 Å². The van der Waals surface area contributed by atoms with E-state index < -0.39 is 0 Å². The first-order valence-electron chi connectivity index (χ1n) is 11.7. The summed E-state index contributed by atoms with van der Waals surface area (Å²) in [5.41, 5.74) is 3.63. The number of pyridine rings is 1. The zero-order chi connectivity index (χ0) is 24.4. The van der Waals surface area contributed by atoms with E-state index in [2.05, 4.69) is 15.3 Å². The Morgan fingerprint density at radius 3 is 2.66 bits per heavy atom. The number of hydrogen-bond donors (Lipinski definition) is 1. The van der Waals surface area contributed by atoms with Gasteiger partial charge in [0.1, 0.15) is 11.3 Å². The molecule has 0 saturated carbocycles. The van der Waals surface area contributed by atoms with Gasteiger partial charge in [-0.3, -0.25) is 14.2 Å². The number of nitrogens with zero attached hydrogens (tertiary/aromatic N) is 4. The average molecular weight is 472 g/mol. The third kappa shape index (κ3) is 4.91. The Labute approximate surface area is 202 Å². The minimum absolute atomic E-state index is 0.149. The van der Waals surface area contributed by atoms with Crippen LogP contribution in [0.15, 0.2) is 71.7 Å². The lowest BCUT2D eigenvalue weighted by atomic mass is 9.97. The lowest BCUT2D eigenvalue weighted by Crippen LogP contribution is -2.44. The van der Waals surface area contributed by atoms with Crippen LogP contribution in [0.4, 0.5) is 15.9 Å². The zero-order valence-corrected chi connectivity index (χ0v) is 19.4. The van der Waals surface area contributed by atoms with Crippen molar-refractivity contribution in [3.8, 4) is 0 Å². The molecule has 1 atom stereocenters. The monoisotopic (exact) mass is 471 g/mol. The number of aromatic nitrogens is 3. The molecule has 7 nitrogen and oxygen atoms in total. The molecule has 0 aliphatic carbocycles. The number of hydrogen-bond acceptors (Lipinski definition) is 5. The van der Waals surface area contributed by atoms with Gasteiger partial charge in [0.15, 0.2) is 11.5 Å². The Bertz CT molecular complexity index is 1420. The van der Waals surface area contributed by atoms with E-state index in [1.54, 1.807) is 16.8 Å². The van der Waals surface area contributed by atoms with E-state index in [0.717, 1.165) is 17.5 Å². The molecule has 35 heavy (non-hydrogen) atoms. The van der Waals surface area contributed by atoms with Gasteiger partial charge in [-0.15, -0.1) is 0 Å². The molecule has 0 spiro atoms. The maximum Gasteiger partial charge on any atom is 0.295 e. The number of anilines is 2. The van der Waals surface area contributed by atoms with Gasteiger partial charge in [0, 0.05) is 25.0 Å². The maximum absolute atomic E-state index is 13.6. The molecule has 2 aromatic carbocycles. The van der Waals surface area contributed by atoms with E-state index in [9.17, 15) is 14.0 Å². The molecule has 1 aliphatic heterocycles. The van der Waals surface area contributed by atoms with Crippen molar-refractivity contribution in [2.24, 2.45) is 5.92 Å². The predicted molar refractivity (Wildman–Crippen MR) is 134 cm³/mol. The number of piperidine rings is 1. The summed E-state index contributed by atoms with van der Waals surface area (Å²) in [5.74, 6) is -0.489. The molecule has 3 heterocycles. The molecule has 8 heteroatoms. The number of amides is 1. The molecular formula is C27H26FN5O2. The van der Waals surface area contributed by atoms with Gasteiger partial charge >= 0.3 is 0 Å². The van der Waals surface area contributed by atoms with Gasteiger partial charge in [-0.1, -0.05) is 29.8 Å². The molecule has 1 saturated heterocycles. The lowest BCUT2D eigenvalue weighted by molar-refractivity contribution is -0.120. The topological polar surface area (TPSA) is 80.1 Å².